The van der Waals surface area contributed by atoms with Gasteiger partial charge in [0.15, 0.2) is 0 Å². The number of ether oxygens (including phenoxy) is 2. The van der Waals surface area contributed by atoms with Crippen LogP contribution in [0.4, 0.5) is 18.9 Å². The quantitative estimate of drug-likeness (QED) is 0.609. The van der Waals surface area contributed by atoms with Gasteiger partial charge in [0.25, 0.3) is 0 Å². The van der Waals surface area contributed by atoms with Gasteiger partial charge in [-0.2, -0.15) is 13.2 Å². The van der Waals surface area contributed by atoms with Crippen molar-refractivity contribution in [3.63, 3.8) is 0 Å². The zero-order valence-corrected chi connectivity index (χ0v) is 16.3. The molecule has 0 radical (unpaired) electrons. The highest BCUT2D eigenvalue weighted by molar-refractivity contribution is 9.10. The van der Waals surface area contributed by atoms with Crippen LogP contribution >= 0.6 is 27.5 Å². The predicted octanol–water partition coefficient (Wildman–Crippen LogP) is 4.61. The first-order chi connectivity index (χ1) is 12.6. The van der Waals surface area contributed by atoms with Gasteiger partial charge in [-0.15, -0.1) is 0 Å². The molecule has 144 valence electrons. The van der Waals surface area contributed by atoms with E-state index in [2.05, 4.69) is 25.4 Å². The maximum absolute atomic E-state index is 13.6. The Bertz CT molecular complexity index is 878. The first-order valence-electron chi connectivity index (χ1n) is 7.23. The summed E-state index contributed by atoms with van der Waals surface area (Å²) in [5.74, 6) is -1.94. The van der Waals surface area contributed by atoms with E-state index in [1.54, 1.807) is 0 Å². The van der Waals surface area contributed by atoms with Gasteiger partial charge in [0.1, 0.15) is 5.70 Å². The number of alkyl halides is 3. The molecule has 1 aliphatic heterocycles. The average molecular weight is 467 g/mol. The molecule has 0 fully saturated rings. The van der Waals surface area contributed by atoms with Gasteiger partial charge in [0.05, 0.1) is 31.0 Å². The lowest BCUT2D eigenvalue weighted by Gasteiger charge is -2.27. The Morgan fingerprint density at radius 3 is 2.30 bits per heavy atom. The van der Waals surface area contributed by atoms with Gasteiger partial charge < -0.3 is 14.4 Å². The number of carbonyl (C=O) groups is 2. The van der Waals surface area contributed by atoms with Crippen LogP contribution in [0, 0.1) is 0 Å². The van der Waals surface area contributed by atoms with Crippen molar-refractivity contribution in [1.29, 1.82) is 0 Å². The number of rotatable bonds is 3. The van der Waals surface area contributed by atoms with Crippen LogP contribution in [-0.4, -0.2) is 26.2 Å². The molecule has 0 aliphatic carbocycles. The second-order valence-electron chi connectivity index (χ2n) is 5.10. The molecule has 0 bridgehead atoms. The lowest BCUT2D eigenvalue weighted by Crippen LogP contribution is -2.29. The van der Waals surface area contributed by atoms with E-state index in [1.165, 1.54) is 30.5 Å². The van der Waals surface area contributed by atoms with Crippen LogP contribution in [0.15, 0.2) is 52.3 Å². The number of halogens is 5. The first-order valence-corrected chi connectivity index (χ1v) is 8.40. The molecule has 0 amide bonds. The molecule has 1 heterocycles. The van der Waals surface area contributed by atoms with E-state index in [-0.39, 0.29) is 15.1 Å². The van der Waals surface area contributed by atoms with Crippen LogP contribution in [0.1, 0.15) is 5.56 Å². The lowest BCUT2D eigenvalue weighted by molar-refractivity contribution is -0.139. The fraction of sp³-hybridized carbons (Fsp3) is 0.176. The van der Waals surface area contributed by atoms with E-state index in [0.717, 1.165) is 25.2 Å². The molecule has 1 aromatic carbocycles. The summed E-state index contributed by atoms with van der Waals surface area (Å²) in [5, 5.41) is -0.160. The second-order valence-corrected chi connectivity index (χ2v) is 6.39. The van der Waals surface area contributed by atoms with E-state index < -0.39 is 35.1 Å². The number of carbonyl (C=O) groups excluding carboxylic acids is 2. The number of hydrogen-bond acceptors (Lipinski definition) is 5. The van der Waals surface area contributed by atoms with E-state index in [4.69, 9.17) is 11.6 Å². The monoisotopic (exact) mass is 465 g/mol. The first kappa shape index (κ1) is 21.0. The number of hydrogen-bond donors (Lipinski definition) is 0. The van der Waals surface area contributed by atoms with E-state index in [1.807, 2.05) is 0 Å². The highest BCUT2D eigenvalue weighted by Crippen LogP contribution is 2.44. The van der Waals surface area contributed by atoms with Gasteiger partial charge >= 0.3 is 18.1 Å². The third-order valence-corrected chi connectivity index (χ3v) is 4.29. The number of methoxy groups -OCH3 is 2. The lowest BCUT2D eigenvalue weighted by atomic mass is 10.1. The van der Waals surface area contributed by atoms with Gasteiger partial charge in [-0.1, -0.05) is 17.7 Å². The number of benzene rings is 1. The fourth-order valence-corrected chi connectivity index (χ4v) is 3.36. The number of esters is 2. The summed E-state index contributed by atoms with van der Waals surface area (Å²) in [6.07, 6.45) is 0.392. The Kier molecular flexibility index (Phi) is 6.38. The van der Waals surface area contributed by atoms with Gasteiger partial charge in [-0.05, 0) is 40.2 Å². The van der Waals surface area contributed by atoms with Crippen molar-refractivity contribution < 1.29 is 32.2 Å². The molecular weight excluding hydrogens is 455 g/mol. The van der Waals surface area contributed by atoms with Crippen molar-refractivity contribution in [1.82, 2.24) is 0 Å². The summed E-state index contributed by atoms with van der Waals surface area (Å²) >= 11 is 8.82. The second kappa shape index (κ2) is 8.18. The Labute approximate surface area is 165 Å². The number of nitrogens with zero attached hydrogens (tertiary/aromatic N) is 1. The number of anilines is 1. The van der Waals surface area contributed by atoms with Gasteiger partial charge in [0, 0.05) is 15.7 Å². The highest BCUT2D eigenvalue weighted by Gasteiger charge is 2.39. The molecule has 5 nitrogen and oxygen atoms in total. The maximum Gasteiger partial charge on any atom is 0.418 e. The molecule has 0 atom stereocenters. The summed E-state index contributed by atoms with van der Waals surface area (Å²) < 4.78 is 50.1. The molecule has 0 saturated heterocycles. The Morgan fingerprint density at radius 2 is 1.74 bits per heavy atom. The van der Waals surface area contributed by atoms with Crippen LogP contribution in [0.25, 0.3) is 0 Å². The molecule has 2 rings (SSSR count). The van der Waals surface area contributed by atoms with E-state index in [0.29, 0.717) is 0 Å². The summed E-state index contributed by atoms with van der Waals surface area (Å²) in [6, 6.07) is 1.96. The maximum atomic E-state index is 13.6. The molecule has 0 N–H and O–H groups in total. The predicted molar refractivity (Wildman–Crippen MR) is 96.0 cm³/mol. The molecule has 1 aromatic rings. The van der Waals surface area contributed by atoms with Crippen molar-refractivity contribution in [2.24, 2.45) is 0 Å². The molecular formula is C17H12BrClF3NO4. The summed E-state index contributed by atoms with van der Waals surface area (Å²) in [7, 11) is 2.13. The smallest absolute Gasteiger partial charge is 0.418 e. The summed E-state index contributed by atoms with van der Waals surface area (Å²) in [6.45, 7) is 0. The summed E-state index contributed by atoms with van der Waals surface area (Å²) in [5.41, 5.74) is -2.26. The van der Waals surface area contributed by atoms with Crippen LogP contribution in [0.5, 0.6) is 0 Å². The van der Waals surface area contributed by atoms with Crippen LogP contribution < -0.4 is 4.90 Å². The molecule has 0 spiro atoms. The zero-order valence-electron chi connectivity index (χ0n) is 13.9. The molecule has 0 saturated carbocycles. The van der Waals surface area contributed by atoms with Crippen molar-refractivity contribution in [2.75, 3.05) is 19.1 Å². The van der Waals surface area contributed by atoms with E-state index in [9.17, 15) is 22.8 Å². The van der Waals surface area contributed by atoms with Crippen molar-refractivity contribution in [2.45, 2.75) is 6.18 Å². The summed E-state index contributed by atoms with van der Waals surface area (Å²) in [4.78, 5) is 25.4. The minimum Gasteiger partial charge on any atom is -0.465 e. The SMILES string of the molecule is COC(=O)C1=C(C(=O)OC)N(c2c(Br)cc(Cl)cc2C(F)(F)F)C=CC=C1. The molecule has 1 aliphatic rings. The van der Waals surface area contributed by atoms with Crippen molar-refractivity contribution >= 4 is 45.2 Å². The minimum atomic E-state index is -4.79. The molecule has 27 heavy (non-hydrogen) atoms. The minimum absolute atomic E-state index is 0.0421. The van der Waals surface area contributed by atoms with Crippen LogP contribution in [0.2, 0.25) is 5.02 Å². The normalized spacial score (nSPS) is 14.3. The van der Waals surface area contributed by atoms with Crippen LogP contribution in [0.3, 0.4) is 0 Å². The van der Waals surface area contributed by atoms with Gasteiger partial charge in [0.2, 0.25) is 0 Å². The molecule has 0 unspecified atom stereocenters. The van der Waals surface area contributed by atoms with Crippen molar-refractivity contribution in [3.05, 3.63) is 62.9 Å². The van der Waals surface area contributed by atoms with E-state index >= 15 is 0 Å². The largest absolute Gasteiger partial charge is 0.465 e. The topological polar surface area (TPSA) is 55.8 Å². The number of allylic oxidation sites excluding steroid dienone is 2. The molecule has 10 heteroatoms. The van der Waals surface area contributed by atoms with Gasteiger partial charge in [-0.25, -0.2) is 9.59 Å². The van der Waals surface area contributed by atoms with Gasteiger partial charge in [-0.3, -0.25) is 0 Å². The fourth-order valence-electron chi connectivity index (χ4n) is 2.36. The average Bonchev–Trinajstić information content (AvgIpc) is 2.81. The third-order valence-electron chi connectivity index (χ3n) is 3.46. The third kappa shape index (κ3) is 4.36. The Balaban J connectivity index is 2.87. The Morgan fingerprint density at radius 1 is 1.11 bits per heavy atom. The standard InChI is InChI=1S/C17H12BrClF3NO4/c1-26-15(24)10-5-3-4-6-23(13(10)16(25)27-2)14-11(17(20,21)22)7-9(19)8-12(14)18/h3-8H,1-2H3. The van der Waals surface area contributed by atoms with Crippen molar-refractivity contribution in [3.8, 4) is 0 Å². The Hall–Kier alpha value is -2.26. The molecule has 0 aromatic heterocycles. The van der Waals surface area contributed by atoms with Crippen LogP contribution in [-0.2, 0) is 25.2 Å². The highest BCUT2D eigenvalue weighted by atomic mass is 79.9. The zero-order chi connectivity index (χ0) is 20.4.